The molecule has 0 spiro atoms. The van der Waals surface area contributed by atoms with E-state index >= 15 is 0 Å². The molecule has 1 aliphatic rings. The van der Waals surface area contributed by atoms with Gasteiger partial charge in [0.15, 0.2) is 0 Å². The summed E-state index contributed by atoms with van der Waals surface area (Å²) in [6, 6.07) is 6.46. The molecule has 1 aromatic heterocycles. The number of hydrogen-bond donors (Lipinski definition) is 1. The molecule has 0 atom stereocenters. The third-order valence-electron chi connectivity index (χ3n) is 3.34. The Morgan fingerprint density at radius 1 is 1.43 bits per heavy atom. The maximum Gasteiger partial charge on any atom is 0.214 e. The van der Waals surface area contributed by atoms with Gasteiger partial charge in [0, 0.05) is 11.4 Å². The van der Waals surface area contributed by atoms with Crippen LogP contribution in [0.5, 0.6) is 0 Å². The van der Waals surface area contributed by atoms with E-state index in [-0.39, 0.29) is 0 Å². The summed E-state index contributed by atoms with van der Waals surface area (Å²) in [5.74, 6) is 0. The Balaban J connectivity index is 1.81. The zero-order valence-corrected chi connectivity index (χ0v) is 13.5. The summed E-state index contributed by atoms with van der Waals surface area (Å²) >= 11 is 7.94. The number of halogens is 1. The Kier molecular flexibility index (Phi) is 4.77. The van der Waals surface area contributed by atoms with Crippen LogP contribution in [0.15, 0.2) is 28.3 Å². The SMILES string of the molecule is CCCNCc1cccc(Cl)c1Sc1nnnn1C1CC1. The van der Waals surface area contributed by atoms with E-state index in [4.69, 9.17) is 11.6 Å². The molecule has 0 amide bonds. The number of nitrogens with zero attached hydrogens (tertiary/aromatic N) is 4. The van der Waals surface area contributed by atoms with Crippen molar-refractivity contribution in [3.8, 4) is 0 Å². The van der Waals surface area contributed by atoms with Crippen LogP contribution in [0.2, 0.25) is 5.02 Å². The Morgan fingerprint density at radius 3 is 3.05 bits per heavy atom. The van der Waals surface area contributed by atoms with Gasteiger partial charge in [-0.25, -0.2) is 4.68 Å². The van der Waals surface area contributed by atoms with Gasteiger partial charge in [-0.05, 0) is 59.6 Å². The molecule has 1 fully saturated rings. The highest BCUT2D eigenvalue weighted by Crippen LogP contribution is 2.40. The standard InChI is InChI=1S/C14H18ClN5S/c1-2-8-16-9-10-4-3-5-12(15)13(10)21-14-17-18-19-20(14)11-6-7-11/h3-5,11,16H,2,6-9H2,1H3. The van der Waals surface area contributed by atoms with Crippen molar-refractivity contribution in [2.24, 2.45) is 0 Å². The lowest BCUT2D eigenvalue weighted by atomic mass is 10.2. The van der Waals surface area contributed by atoms with Crippen molar-refractivity contribution in [2.75, 3.05) is 6.54 Å². The first-order valence-corrected chi connectivity index (χ1v) is 8.43. The third-order valence-corrected chi connectivity index (χ3v) is 4.90. The number of hydrogen-bond acceptors (Lipinski definition) is 5. The highest BCUT2D eigenvalue weighted by Gasteiger charge is 2.28. The first-order valence-electron chi connectivity index (χ1n) is 7.23. The van der Waals surface area contributed by atoms with Crippen LogP contribution in [-0.4, -0.2) is 26.8 Å². The molecule has 0 aliphatic heterocycles. The lowest BCUT2D eigenvalue weighted by molar-refractivity contribution is 0.565. The van der Waals surface area contributed by atoms with Gasteiger partial charge in [-0.15, -0.1) is 5.10 Å². The minimum atomic E-state index is 0.464. The Labute approximate surface area is 133 Å². The lowest BCUT2D eigenvalue weighted by Gasteiger charge is -2.11. The molecule has 21 heavy (non-hydrogen) atoms. The highest BCUT2D eigenvalue weighted by atomic mass is 35.5. The molecule has 7 heteroatoms. The van der Waals surface area contributed by atoms with Crippen LogP contribution < -0.4 is 5.32 Å². The van der Waals surface area contributed by atoms with Crippen molar-refractivity contribution in [3.63, 3.8) is 0 Å². The van der Waals surface area contributed by atoms with Crippen molar-refractivity contribution in [2.45, 2.75) is 48.8 Å². The second-order valence-electron chi connectivity index (χ2n) is 5.14. The molecular formula is C14H18ClN5S. The zero-order chi connectivity index (χ0) is 14.7. The molecule has 2 aromatic rings. The average molecular weight is 324 g/mol. The largest absolute Gasteiger partial charge is 0.313 e. The monoisotopic (exact) mass is 323 g/mol. The summed E-state index contributed by atoms with van der Waals surface area (Å²) in [4.78, 5) is 1.04. The molecule has 0 unspecified atom stereocenters. The summed E-state index contributed by atoms with van der Waals surface area (Å²) in [6.45, 7) is 3.96. The molecule has 0 saturated heterocycles. The van der Waals surface area contributed by atoms with E-state index in [1.54, 1.807) is 11.8 Å². The van der Waals surface area contributed by atoms with Crippen LogP contribution in [0, 0.1) is 0 Å². The van der Waals surface area contributed by atoms with Crippen LogP contribution in [0.3, 0.4) is 0 Å². The second-order valence-corrected chi connectivity index (χ2v) is 6.53. The highest BCUT2D eigenvalue weighted by molar-refractivity contribution is 7.99. The van der Waals surface area contributed by atoms with Gasteiger partial charge in [0.25, 0.3) is 0 Å². The fraction of sp³-hybridized carbons (Fsp3) is 0.500. The third kappa shape index (κ3) is 3.56. The quantitative estimate of drug-likeness (QED) is 0.792. The van der Waals surface area contributed by atoms with E-state index in [1.807, 2.05) is 16.8 Å². The molecule has 0 radical (unpaired) electrons. The number of aromatic nitrogens is 4. The molecule has 1 saturated carbocycles. The molecule has 1 aliphatic carbocycles. The smallest absolute Gasteiger partial charge is 0.214 e. The minimum absolute atomic E-state index is 0.464. The molecule has 5 nitrogen and oxygen atoms in total. The van der Waals surface area contributed by atoms with E-state index in [9.17, 15) is 0 Å². The molecule has 1 N–H and O–H groups in total. The first-order chi connectivity index (χ1) is 10.3. The second kappa shape index (κ2) is 6.77. The first kappa shape index (κ1) is 14.8. The lowest BCUT2D eigenvalue weighted by Crippen LogP contribution is -2.14. The average Bonchev–Trinajstić information content (AvgIpc) is 3.22. The molecule has 1 heterocycles. The Hall–Kier alpha value is -1.11. The predicted octanol–water partition coefficient (Wildman–Crippen LogP) is 3.31. The van der Waals surface area contributed by atoms with Crippen LogP contribution in [0.4, 0.5) is 0 Å². The maximum absolute atomic E-state index is 6.38. The topological polar surface area (TPSA) is 55.6 Å². The number of nitrogens with one attached hydrogen (secondary N) is 1. The van der Waals surface area contributed by atoms with Crippen molar-refractivity contribution in [3.05, 3.63) is 28.8 Å². The zero-order valence-electron chi connectivity index (χ0n) is 11.9. The van der Waals surface area contributed by atoms with Gasteiger partial charge in [0.2, 0.25) is 5.16 Å². The minimum Gasteiger partial charge on any atom is -0.313 e. The molecular weight excluding hydrogens is 306 g/mol. The van der Waals surface area contributed by atoms with E-state index in [2.05, 4.69) is 33.8 Å². The van der Waals surface area contributed by atoms with E-state index < -0.39 is 0 Å². The maximum atomic E-state index is 6.38. The number of tetrazole rings is 1. The molecule has 112 valence electrons. The van der Waals surface area contributed by atoms with Crippen molar-refractivity contribution in [1.82, 2.24) is 25.5 Å². The molecule has 0 bridgehead atoms. The summed E-state index contributed by atoms with van der Waals surface area (Å²) in [5.41, 5.74) is 1.19. The van der Waals surface area contributed by atoms with Crippen LogP contribution in [0.1, 0.15) is 37.8 Å². The number of benzene rings is 1. The Morgan fingerprint density at radius 2 is 2.29 bits per heavy atom. The molecule has 3 rings (SSSR count). The van der Waals surface area contributed by atoms with Gasteiger partial charge in [-0.1, -0.05) is 30.7 Å². The van der Waals surface area contributed by atoms with E-state index in [0.29, 0.717) is 6.04 Å². The predicted molar refractivity (Wildman–Crippen MR) is 83.7 cm³/mol. The number of rotatable bonds is 7. The summed E-state index contributed by atoms with van der Waals surface area (Å²) < 4.78 is 1.91. The van der Waals surface area contributed by atoms with Crippen molar-refractivity contribution in [1.29, 1.82) is 0 Å². The van der Waals surface area contributed by atoms with Crippen LogP contribution >= 0.6 is 23.4 Å². The summed E-state index contributed by atoms with van der Waals surface area (Å²) in [7, 11) is 0. The summed E-state index contributed by atoms with van der Waals surface area (Å²) in [5, 5.41) is 17.0. The van der Waals surface area contributed by atoms with Crippen LogP contribution in [0.25, 0.3) is 0 Å². The molecule has 1 aromatic carbocycles. The van der Waals surface area contributed by atoms with Crippen molar-refractivity contribution < 1.29 is 0 Å². The van der Waals surface area contributed by atoms with Gasteiger partial charge in [-0.2, -0.15) is 0 Å². The summed E-state index contributed by atoms with van der Waals surface area (Å²) in [6.07, 6.45) is 3.43. The van der Waals surface area contributed by atoms with Gasteiger partial charge < -0.3 is 5.32 Å². The van der Waals surface area contributed by atoms with Crippen molar-refractivity contribution >= 4 is 23.4 Å². The normalized spacial score (nSPS) is 14.6. The van der Waals surface area contributed by atoms with Gasteiger partial charge in [0.05, 0.1) is 11.1 Å². The van der Waals surface area contributed by atoms with Crippen LogP contribution in [-0.2, 0) is 6.54 Å². The Bertz CT molecular complexity index is 611. The fourth-order valence-electron chi connectivity index (χ4n) is 2.10. The van der Waals surface area contributed by atoms with E-state index in [0.717, 1.165) is 47.4 Å². The van der Waals surface area contributed by atoms with Gasteiger partial charge in [0.1, 0.15) is 0 Å². The fourth-order valence-corrected chi connectivity index (χ4v) is 3.38. The van der Waals surface area contributed by atoms with Gasteiger partial charge in [-0.3, -0.25) is 0 Å². The van der Waals surface area contributed by atoms with Gasteiger partial charge >= 0.3 is 0 Å². The van der Waals surface area contributed by atoms with E-state index in [1.165, 1.54) is 5.56 Å².